The summed E-state index contributed by atoms with van der Waals surface area (Å²) in [6, 6.07) is 1.65. The Hall–Kier alpha value is -2.50. The molecule has 3 heterocycles. The number of amides is 1. The zero-order valence-corrected chi connectivity index (χ0v) is 20.4. The molecule has 1 amide bonds. The van der Waals surface area contributed by atoms with E-state index in [0.29, 0.717) is 35.5 Å². The van der Waals surface area contributed by atoms with Crippen molar-refractivity contribution in [1.29, 1.82) is 0 Å². The fraction of sp³-hybridized carbons (Fsp3) is 0.500. The molecule has 0 bridgehead atoms. The van der Waals surface area contributed by atoms with Crippen molar-refractivity contribution in [3.63, 3.8) is 0 Å². The Morgan fingerprint density at radius 1 is 1.27 bits per heavy atom. The second kappa shape index (κ2) is 9.78. The minimum absolute atomic E-state index is 0.0379. The van der Waals surface area contributed by atoms with Gasteiger partial charge in [0.2, 0.25) is 0 Å². The molecule has 0 saturated heterocycles. The smallest absolute Gasteiger partial charge is 0.340 e. The van der Waals surface area contributed by atoms with Crippen LogP contribution in [0.1, 0.15) is 63.4 Å². The molecule has 0 atom stereocenters. The highest BCUT2D eigenvalue weighted by Crippen LogP contribution is 2.37. The van der Waals surface area contributed by atoms with Crippen molar-refractivity contribution < 1.29 is 22.7 Å². The lowest BCUT2D eigenvalue weighted by molar-refractivity contribution is 0.0595. The number of nitrogens with one attached hydrogen (secondary N) is 1. The summed E-state index contributed by atoms with van der Waals surface area (Å²) in [4.78, 5) is 27.7. The molecule has 2 aromatic rings. The van der Waals surface area contributed by atoms with Crippen molar-refractivity contribution in [2.24, 2.45) is 7.05 Å². The number of aromatic nitrogens is 2. The van der Waals surface area contributed by atoms with Crippen molar-refractivity contribution in [2.45, 2.75) is 49.3 Å². The Kier molecular flexibility index (Phi) is 7.01. The fourth-order valence-corrected chi connectivity index (χ4v) is 7.26. The van der Waals surface area contributed by atoms with Crippen LogP contribution in [0.4, 0.5) is 0 Å². The molecule has 1 aliphatic carbocycles. The van der Waals surface area contributed by atoms with Gasteiger partial charge in [-0.05, 0) is 50.2 Å². The van der Waals surface area contributed by atoms with Crippen LogP contribution in [-0.2, 0) is 34.8 Å². The Morgan fingerprint density at radius 3 is 2.76 bits per heavy atom. The van der Waals surface area contributed by atoms with Crippen molar-refractivity contribution in [2.75, 3.05) is 20.2 Å². The van der Waals surface area contributed by atoms with Gasteiger partial charge in [-0.1, -0.05) is 11.6 Å². The van der Waals surface area contributed by atoms with E-state index in [4.69, 9.17) is 4.74 Å². The number of fused-ring (bicyclic) bond motifs is 1. The predicted molar refractivity (Wildman–Crippen MR) is 124 cm³/mol. The Morgan fingerprint density at radius 2 is 2.09 bits per heavy atom. The number of thiophene rings is 1. The van der Waals surface area contributed by atoms with Crippen LogP contribution < -0.4 is 4.72 Å². The lowest BCUT2D eigenvalue weighted by Gasteiger charge is -2.26. The van der Waals surface area contributed by atoms with Crippen molar-refractivity contribution in [1.82, 2.24) is 19.4 Å². The molecule has 4 rings (SSSR count). The van der Waals surface area contributed by atoms with Gasteiger partial charge in [0, 0.05) is 31.2 Å². The molecule has 2 aliphatic rings. The van der Waals surface area contributed by atoms with Crippen LogP contribution in [0.2, 0.25) is 0 Å². The number of sulfonamides is 1. The molecule has 1 N–H and O–H groups in total. The largest absolute Gasteiger partial charge is 0.465 e. The van der Waals surface area contributed by atoms with Gasteiger partial charge in [0.1, 0.15) is 9.90 Å². The Bertz CT molecular complexity index is 1200. The summed E-state index contributed by atoms with van der Waals surface area (Å²) in [7, 11) is -0.927. The van der Waals surface area contributed by atoms with Crippen LogP contribution in [0.15, 0.2) is 28.1 Å². The third-order valence-corrected chi connectivity index (χ3v) is 9.20. The second-order valence-electron chi connectivity index (χ2n) is 8.27. The molecular formula is C22H28N4O5S2. The van der Waals surface area contributed by atoms with Gasteiger partial charge < -0.3 is 9.64 Å². The first-order valence-electron chi connectivity index (χ1n) is 11.0. The molecule has 0 radical (unpaired) electrons. The molecule has 178 valence electrons. The van der Waals surface area contributed by atoms with Gasteiger partial charge in [-0.15, -0.1) is 11.3 Å². The molecular weight excluding hydrogens is 464 g/mol. The summed E-state index contributed by atoms with van der Waals surface area (Å²) < 4.78 is 35.4. The number of carbonyl (C=O) groups is 2. The Labute approximate surface area is 197 Å². The molecule has 9 nitrogen and oxygen atoms in total. The van der Waals surface area contributed by atoms with E-state index in [1.165, 1.54) is 19.1 Å². The highest BCUT2D eigenvalue weighted by atomic mass is 32.2. The number of nitrogens with zero attached hydrogens (tertiary/aromatic N) is 3. The molecule has 0 aromatic carbocycles. The molecule has 11 heteroatoms. The summed E-state index contributed by atoms with van der Waals surface area (Å²) >= 11 is 1.03. The van der Waals surface area contributed by atoms with E-state index in [0.717, 1.165) is 30.6 Å². The van der Waals surface area contributed by atoms with Gasteiger partial charge in [0.05, 0.1) is 19.2 Å². The topological polar surface area (TPSA) is 111 Å². The maximum Gasteiger partial charge on any atom is 0.340 e. The van der Waals surface area contributed by atoms with Crippen LogP contribution >= 0.6 is 11.3 Å². The van der Waals surface area contributed by atoms with Crippen LogP contribution in [0.3, 0.4) is 0 Å². The summed E-state index contributed by atoms with van der Waals surface area (Å²) in [5.41, 5.74) is 2.34. The number of methoxy groups -OCH3 is 1. The van der Waals surface area contributed by atoms with E-state index in [1.54, 1.807) is 28.9 Å². The lowest BCUT2D eigenvalue weighted by Crippen LogP contribution is -2.36. The third kappa shape index (κ3) is 5.04. The average molecular weight is 493 g/mol. The van der Waals surface area contributed by atoms with Crippen LogP contribution in [-0.4, -0.2) is 55.2 Å². The molecule has 0 spiro atoms. The van der Waals surface area contributed by atoms with Gasteiger partial charge in [0.15, 0.2) is 0 Å². The third-order valence-electron chi connectivity index (χ3n) is 6.00. The predicted octanol–water partition coefficient (Wildman–Crippen LogP) is 2.64. The monoisotopic (exact) mass is 492 g/mol. The first-order chi connectivity index (χ1) is 15.8. The standard InChI is InChI=1S/C22H28N4O5S2/c1-25-12-10-17(24-25)20(27)26-13-9-16-18(14-26)32-22(19(16)21(28)31-2)33(29,30)23-11-8-15-6-4-3-5-7-15/h6,10,12,23H,3-5,7-9,11,13-14H2,1-2H3. The van der Waals surface area contributed by atoms with E-state index in [1.807, 2.05) is 0 Å². The quantitative estimate of drug-likeness (QED) is 0.470. The van der Waals surface area contributed by atoms with E-state index in [2.05, 4.69) is 15.9 Å². The number of allylic oxidation sites excluding steroid dienone is 1. The summed E-state index contributed by atoms with van der Waals surface area (Å²) in [5, 5.41) is 4.16. The normalized spacial score (nSPS) is 16.3. The van der Waals surface area contributed by atoms with Crippen LogP contribution in [0.5, 0.6) is 0 Å². The fourth-order valence-electron chi connectivity index (χ4n) is 4.28. The summed E-state index contributed by atoms with van der Waals surface area (Å²) in [6.07, 6.45) is 9.27. The zero-order valence-electron chi connectivity index (χ0n) is 18.8. The maximum absolute atomic E-state index is 13.2. The first kappa shape index (κ1) is 23.7. The van der Waals surface area contributed by atoms with Gasteiger partial charge >= 0.3 is 5.97 Å². The van der Waals surface area contributed by atoms with Crippen molar-refractivity contribution in [3.05, 3.63) is 45.6 Å². The molecule has 33 heavy (non-hydrogen) atoms. The number of aryl methyl sites for hydroxylation is 1. The highest BCUT2D eigenvalue weighted by molar-refractivity contribution is 7.91. The first-order valence-corrected chi connectivity index (χ1v) is 13.3. The highest BCUT2D eigenvalue weighted by Gasteiger charge is 2.35. The number of carbonyl (C=O) groups excluding carboxylic acids is 2. The van der Waals surface area contributed by atoms with E-state index in [-0.39, 0.29) is 28.8 Å². The minimum Gasteiger partial charge on any atom is -0.465 e. The number of ether oxygens (including phenoxy) is 1. The lowest BCUT2D eigenvalue weighted by atomic mass is 9.97. The SMILES string of the molecule is COC(=O)c1c(S(=O)(=O)NCCC2=CCCCC2)sc2c1CCN(C(=O)c1ccn(C)n1)C2. The number of hydrogen-bond acceptors (Lipinski definition) is 7. The molecule has 2 aromatic heterocycles. The second-order valence-corrected chi connectivity index (χ2v) is 11.3. The van der Waals surface area contributed by atoms with Crippen LogP contribution in [0, 0.1) is 0 Å². The summed E-state index contributed by atoms with van der Waals surface area (Å²) in [5.74, 6) is -0.898. The number of hydrogen-bond donors (Lipinski definition) is 1. The van der Waals surface area contributed by atoms with Gasteiger partial charge in [0.25, 0.3) is 15.9 Å². The number of esters is 1. The minimum atomic E-state index is -3.91. The summed E-state index contributed by atoms with van der Waals surface area (Å²) in [6.45, 7) is 0.869. The van der Waals surface area contributed by atoms with Crippen molar-refractivity contribution >= 4 is 33.2 Å². The molecule has 0 unspecified atom stereocenters. The molecule has 0 saturated carbocycles. The maximum atomic E-state index is 13.2. The van der Waals surface area contributed by atoms with E-state index in [9.17, 15) is 18.0 Å². The van der Waals surface area contributed by atoms with Gasteiger partial charge in [-0.25, -0.2) is 17.9 Å². The molecule has 1 aliphatic heterocycles. The van der Waals surface area contributed by atoms with Gasteiger partial charge in [-0.3, -0.25) is 9.48 Å². The molecule has 0 fully saturated rings. The van der Waals surface area contributed by atoms with E-state index < -0.39 is 16.0 Å². The number of rotatable bonds is 7. The van der Waals surface area contributed by atoms with Gasteiger partial charge in [-0.2, -0.15) is 5.10 Å². The Balaban J connectivity index is 1.56. The van der Waals surface area contributed by atoms with E-state index >= 15 is 0 Å². The average Bonchev–Trinajstić information content (AvgIpc) is 3.42. The van der Waals surface area contributed by atoms with Crippen molar-refractivity contribution in [3.8, 4) is 0 Å². The van der Waals surface area contributed by atoms with Crippen LogP contribution in [0.25, 0.3) is 0 Å². The zero-order chi connectivity index (χ0) is 23.6.